The second-order valence-electron chi connectivity index (χ2n) is 5.21. The molecule has 3 rings (SSSR count). The second kappa shape index (κ2) is 6.87. The van der Waals surface area contributed by atoms with Crippen LogP contribution in [0.2, 0.25) is 0 Å². The maximum absolute atomic E-state index is 13.3. The second-order valence-corrected chi connectivity index (χ2v) is 6.75. The number of hydrogen-bond acceptors (Lipinski definition) is 6. The van der Waals surface area contributed by atoms with Crippen molar-refractivity contribution in [2.24, 2.45) is 0 Å². The molecule has 7 nitrogen and oxygen atoms in total. The lowest BCUT2D eigenvalue weighted by atomic mass is 10.1. The van der Waals surface area contributed by atoms with E-state index in [-0.39, 0.29) is 30.0 Å². The van der Waals surface area contributed by atoms with Gasteiger partial charge in [0, 0.05) is 24.6 Å². The van der Waals surface area contributed by atoms with Crippen LogP contribution in [0.4, 0.5) is 14.5 Å². The van der Waals surface area contributed by atoms with Gasteiger partial charge in [-0.05, 0) is 29.8 Å². The lowest BCUT2D eigenvalue weighted by Crippen LogP contribution is -2.17. The molecule has 132 valence electrons. The predicted octanol–water partition coefficient (Wildman–Crippen LogP) is 4.54. The van der Waals surface area contributed by atoms with Crippen LogP contribution in [0.3, 0.4) is 0 Å². The molecule has 10 heteroatoms. The molecule has 0 spiro atoms. The van der Waals surface area contributed by atoms with Gasteiger partial charge in [0.1, 0.15) is 17.4 Å². The molecular formula is C15H12F2NO6P. The fraction of sp³-hybridized carbons (Fsp3) is 0.200. The molecule has 1 fully saturated rings. The standard InChI is InChI=1S/C15H12F2NO6P/c16-11-7-10(8-12(17)9-11)15-5-6-22-25(21,24-15)23-14-3-1-13(2-4-14)18(19)20/h1-4,7-9,15H,5-6H2/t15-,25+/m0/s1. The summed E-state index contributed by atoms with van der Waals surface area (Å²) in [6.07, 6.45) is -0.640. The summed E-state index contributed by atoms with van der Waals surface area (Å²) in [7, 11) is -4.04. The van der Waals surface area contributed by atoms with E-state index in [0.29, 0.717) is 0 Å². The first-order chi connectivity index (χ1) is 11.8. The molecule has 25 heavy (non-hydrogen) atoms. The first kappa shape index (κ1) is 17.5. The Hall–Kier alpha value is -2.35. The molecule has 0 bridgehead atoms. The summed E-state index contributed by atoms with van der Waals surface area (Å²) in [5, 5.41) is 10.6. The van der Waals surface area contributed by atoms with E-state index in [0.717, 1.165) is 18.2 Å². The number of nitro benzene ring substituents is 1. The van der Waals surface area contributed by atoms with Crippen molar-refractivity contribution in [2.75, 3.05) is 6.61 Å². The zero-order valence-corrected chi connectivity index (χ0v) is 13.5. The Balaban J connectivity index is 1.77. The number of rotatable bonds is 4. The highest BCUT2D eigenvalue weighted by Gasteiger charge is 2.38. The van der Waals surface area contributed by atoms with Gasteiger partial charge in [0.15, 0.2) is 0 Å². The summed E-state index contributed by atoms with van der Waals surface area (Å²) >= 11 is 0. The highest BCUT2D eigenvalue weighted by Crippen LogP contribution is 2.56. The summed E-state index contributed by atoms with van der Waals surface area (Å²) in [4.78, 5) is 10.0. The van der Waals surface area contributed by atoms with Gasteiger partial charge in [-0.1, -0.05) is 0 Å². The van der Waals surface area contributed by atoms with E-state index in [1.54, 1.807) is 0 Å². The van der Waals surface area contributed by atoms with Crippen LogP contribution < -0.4 is 4.52 Å². The summed E-state index contributed by atoms with van der Waals surface area (Å²) < 4.78 is 54.8. The highest BCUT2D eigenvalue weighted by molar-refractivity contribution is 7.49. The fourth-order valence-electron chi connectivity index (χ4n) is 2.30. The van der Waals surface area contributed by atoms with Gasteiger partial charge in [0.05, 0.1) is 17.6 Å². The molecule has 2 aromatic rings. The molecule has 1 aliphatic rings. The van der Waals surface area contributed by atoms with Crippen LogP contribution in [0.15, 0.2) is 42.5 Å². The normalized spacial score (nSPS) is 23.2. The van der Waals surface area contributed by atoms with Crippen LogP contribution in [0.5, 0.6) is 5.75 Å². The number of nitro groups is 1. The summed E-state index contributed by atoms with van der Waals surface area (Å²) in [5.41, 5.74) is 0.0116. The van der Waals surface area contributed by atoms with Crippen LogP contribution in [0.1, 0.15) is 18.1 Å². The van der Waals surface area contributed by atoms with Gasteiger partial charge in [0.2, 0.25) is 0 Å². The molecule has 1 saturated heterocycles. The van der Waals surface area contributed by atoms with E-state index in [1.807, 2.05) is 0 Å². The van der Waals surface area contributed by atoms with Crippen LogP contribution >= 0.6 is 7.82 Å². The number of phosphoric acid groups is 1. The Morgan fingerprint density at radius 1 is 1.16 bits per heavy atom. The maximum atomic E-state index is 13.3. The van der Waals surface area contributed by atoms with E-state index in [9.17, 15) is 23.5 Å². The van der Waals surface area contributed by atoms with Gasteiger partial charge in [-0.25, -0.2) is 13.3 Å². The fourth-order valence-corrected chi connectivity index (χ4v) is 3.71. The molecule has 0 radical (unpaired) electrons. The lowest BCUT2D eigenvalue weighted by Gasteiger charge is -2.29. The number of nitrogens with zero attached hydrogens (tertiary/aromatic N) is 1. The molecule has 1 heterocycles. The van der Waals surface area contributed by atoms with Gasteiger partial charge in [-0.3, -0.25) is 19.2 Å². The van der Waals surface area contributed by atoms with E-state index in [4.69, 9.17) is 13.6 Å². The zero-order valence-electron chi connectivity index (χ0n) is 12.6. The van der Waals surface area contributed by atoms with Gasteiger partial charge >= 0.3 is 7.82 Å². The molecule has 0 amide bonds. The molecule has 0 N–H and O–H groups in total. The van der Waals surface area contributed by atoms with E-state index >= 15 is 0 Å². The topological polar surface area (TPSA) is 87.9 Å². The number of phosphoric ester groups is 1. The van der Waals surface area contributed by atoms with Crippen LogP contribution in [-0.2, 0) is 13.6 Å². The van der Waals surface area contributed by atoms with Crippen molar-refractivity contribution >= 4 is 13.5 Å². The maximum Gasteiger partial charge on any atom is 0.530 e. The Morgan fingerprint density at radius 2 is 1.80 bits per heavy atom. The lowest BCUT2D eigenvalue weighted by molar-refractivity contribution is -0.384. The van der Waals surface area contributed by atoms with Crippen molar-refractivity contribution in [2.45, 2.75) is 12.5 Å². The number of halogens is 2. The minimum absolute atomic E-state index is 0.00689. The minimum Gasteiger partial charge on any atom is -0.404 e. The van der Waals surface area contributed by atoms with E-state index in [2.05, 4.69) is 0 Å². The molecular weight excluding hydrogens is 359 g/mol. The van der Waals surface area contributed by atoms with Gasteiger partial charge in [-0.2, -0.15) is 0 Å². The Morgan fingerprint density at radius 3 is 2.40 bits per heavy atom. The quantitative estimate of drug-likeness (QED) is 0.445. The molecule has 0 unspecified atom stereocenters. The van der Waals surface area contributed by atoms with Crippen LogP contribution in [0, 0.1) is 21.7 Å². The van der Waals surface area contributed by atoms with Crippen molar-refractivity contribution in [1.29, 1.82) is 0 Å². The summed E-state index contributed by atoms with van der Waals surface area (Å²) in [5.74, 6) is -1.52. The van der Waals surface area contributed by atoms with Crippen molar-refractivity contribution in [1.82, 2.24) is 0 Å². The van der Waals surface area contributed by atoms with E-state index < -0.39 is 30.5 Å². The third kappa shape index (κ3) is 4.19. The first-order valence-corrected chi connectivity index (χ1v) is 8.64. The Labute approximate surface area is 140 Å². The SMILES string of the molecule is O=[N+]([O-])c1ccc(O[P@@]2(=O)OCC[C@@H](c3cc(F)cc(F)c3)O2)cc1. The molecule has 0 aromatic heterocycles. The predicted molar refractivity (Wildman–Crippen MR) is 82.1 cm³/mol. The third-order valence-electron chi connectivity index (χ3n) is 3.41. The number of non-ortho nitro benzene ring substituents is 1. The van der Waals surface area contributed by atoms with Gasteiger partial charge in [-0.15, -0.1) is 0 Å². The number of hydrogen-bond donors (Lipinski definition) is 0. The molecule has 0 saturated carbocycles. The van der Waals surface area contributed by atoms with Gasteiger partial charge in [0.25, 0.3) is 5.69 Å². The summed E-state index contributed by atoms with van der Waals surface area (Å²) in [6.45, 7) is -0.00689. The summed E-state index contributed by atoms with van der Waals surface area (Å²) in [6, 6.07) is 7.71. The Kier molecular flexibility index (Phi) is 4.80. The highest BCUT2D eigenvalue weighted by atomic mass is 31.2. The largest absolute Gasteiger partial charge is 0.530 e. The van der Waals surface area contributed by atoms with Gasteiger partial charge < -0.3 is 4.52 Å². The molecule has 2 aromatic carbocycles. The number of benzene rings is 2. The Bertz CT molecular complexity index is 824. The average molecular weight is 371 g/mol. The van der Waals surface area contributed by atoms with Crippen molar-refractivity contribution in [3.05, 3.63) is 69.8 Å². The van der Waals surface area contributed by atoms with Crippen LogP contribution in [-0.4, -0.2) is 11.5 Å². The smallest absolute Gasteiger partial charge is 0.404 e. The average Bonchev–Trinajstić information content (AvgIpc) is 2.54. The molecule has 0 aliphatic carbocycles. The molecule has 2 atom stereocenters. The van der Waals surface area contributed by atoms with Crippen molar-refractivity contribution in [3.63, 3.8) is 0 Å². The monoisotopic (exact) mass is 371 g/mol. The van der Waals surface area contributed by atoms with Crippen LogP contribution in [0.25, 0.3) is 0 Å². The van der Waals surface area contributed by atoms with Crippen molar-refractivity contribution in [3.8, 4) is 5.75 Å². The third-order valence-corrected chi connectivity index (χ3v) is 4.85. The van der Waals surface area contributed by atoms with E-state index in [1.165, 1.54) is 24.3 Å². The molecule has 1 aliphatic heterocycles. The first-order valence-electron chi connectivity index (χ1n) is 7.18. The zero-order chi connectivity index (χ0) is 18.0. The minimum atomic E-state index is -4.04. The van der Waals surface area contributed by atoms with Crippen molar-refractivity contribution < 1.29 is 31.8 Å².